The van der Waals surface area contributed by atoms with Gasteiger partial charge in [-0.2, -0.15) is 11.8 Å². The fraction of sp³-hybridized carbons (Fsp3) is 1.00. The van der Waals surface area contributed by atoms with Gasteiger partial charge in [0.1, 0.15) is 0 Å². The number of nitrogens with two attached hydrogens (primary N) is 1. The molecule has 3 aliphatic rings. The van der Waals surface area contributed by atoms with E-state index in [1.807, 2.05) is 0 Å². The maximum absolute atomic E-state index is 6.19. The second-order valence-electron chi connectivity index (χ2n) is 6.35. The number of piperidine rings is 1. The van der Waals surface area contributed by atoms with Crippen molar-refractivity contribution in [3.63, 3.8) is 0 Å². The molecule has 0 aromatic carbocycles. The van der Waals surface area contributed by atoms with Gasteiger partial charge in [-0.1, -0.05) is 13.3 Å². The Labute approximate surface area is 110 Å². The first-order valence-corrected chi connectivity index (χ1v) is 8.38. The third-order valence-corrected chi connectivity index (χ3v) is 6.73. The van der Waals surface area contributed by atoms with Gasteiger partial charge in [0, 0.05) is 29.1 Å². The van der Waals surface area contributed by atoms with Crippen LogP contribution >= 0.6 is 11.8 Å². The van der Waals surface area contributed by atoms with Gasteiger partial charge in [0.2, 0.25) is 0 Å². The Hall–Kier alpha value is 0.270. The van der Waals surface area contributed by atoms with Gasteiger partial charge >= 0.3 is 0 Å². The van der Waals surface area contributed by atoms with E-state index < -0.39 is 0 Å². The minimum absolute atomic E-state index is 0.345. The van der Waals surface area contributed by atoms with E-state index in [-0.39, 0.29) is 0 Å². The van der Waals surface area contributed by atoms with Crippen LogP contribution in [-0.4, -0.2) is 40.6 Å². The monoisotopic (exact) mass is 254 g/mol. The lowest BCUT2D eigenvalue weighted by Crippen LogP contribution is -2.60. The molecule has 3 fully saturated rings. The Balaban J connectivity index is 1.81. The summed E-state index contributed by atoms with van der Waals surface area (Å²) < 4.78 is 0. The number of fused-ring (bicyclic) bond motifs is 1. The summed E-state index contributed by atoms with van der Waals surface area (Å²) in [5.41, 5.74) is 6.53. The maximum Gasteiger partial charge on any atom is 0.0435 e. The molecule has 0 amide bonds. The van der Waals surface area contributed by atoms with E-state index in [2.05, 4.69) is 23.6 Å². The average molecular weight is 254 g/mol. The quantitative estimate of drug-likeness (QED) is 0.821. The van der Waals surface area contributed by atoms with Crippen molar-refractivity contribution in [2.75, 3.05) is 18.8 Å². The molecule has 2 N–H and O–H groups in total. The van der Waals surface area contributed by atoms with Crippen molar-refractivity contribution in [3.05, 3.63) is 0 Å². The molecule has 3 rings (SSSR count). The van der Waals surface area contributed by atoms with Crippen LogP contribution in [0.2, 0.25) is 0 Å². The number of nitrogens with zero attached hydrogens (tertiary/aromatic N) is 1. The van der Waals surface area contributed by atoms with E-state index in [1.54, 1.807) is 0 Å². The van der Waals surface area contributed by atoms with Crippen molar-refractivity contribution in [1.29, 1.82) is 0 Å². The lowest BCUT2D eigenvalue weighted by molar-refractivity contribution is 0.0159. The molecule has 1 saturated carbocycles. The number of likely N-dealkylation sites (tertiary alicyclic amines) is 1. The molecular weight excluding hydrogens is 228 g/mol. The first-order chi connectivity index (χ1) is 8.25. The summed E-state index contributed by atoms with van der Waals surface area (Å²) in [6, 6.07) is 0.873. The molecule has 0 aromatic heterocycles. The number of hydrogen-bond donors (Lipinski definition) is 1. The molecule has 0 bridgehead atoms. The molecule has 3 heteroatoms. The zero-order valence-corrected chi connectivity index (χ0v) is 11.8. The van der Waals surface area contributed by atoms with Crippen LogP contribution in [0.15, 0.2) is 0 Å². The van der Waals surface area contributed by atoms with Gasteiger partial charge in [-0.3, -0.25) is 4.90 Å². The van der Waals surface area contributed by atoms with E-state index in [9.17, 15) is 0 Å². The molecule has 2 saturated heterocycles. The van der Waals surface area contributed by atoms with Gasteiger partial charge < -0.3 is 5.73 Å². The largest absolute Gasteiger partial charge is 0.329 e. The second kappa shape index (κ2) is 4.75. The Morgan fingerprint density at radius 2 is 2.12 bits per heavy atom. The fourth-order valence-corrected chi connectivity index (χ4v) is 5.88. The molecule has 2 nitrogen and oxygen atoms in total. The lowest BCUT2D eigenvalue weighted by atomic mass is 9.84. The normalized spacial score (nSPS) is 47.3. The Kier molecular flexibility index (Phi) is 3.44. The summed E-state index contributed by atoms with van der Waals surface area (Å²) in [6.07, 6.45) is 8.56. The smallest absolute Gasteiger partial charge is 0.0435 e. The van der Waals surface area contributed by atoms with E-state index in [4.69, 9.17) is 5.73 Å². The van der Waals surface area contributed by atoms with Crippen molar-refractivity contribution in [3.8, 4) is 0 Å². The summed E-state index contributed by atoms with van der Waals surface area (Å²) in [7, 11) is 0. The highest BCUT2D eigenvalue weighted by molar-refractivity contribution is 8.00. The Bertz CT molecular complexity index is 283. The zero-order valence-electron chi connectivity index (χ0n) is 11.0. The van der Waals surface area contributed by atoms with Crippen molar-refractivity contribution in [1.82, 2.24) is 4.90 Å². The molecule has 0 spiro atoms. The Morgan fingerprint density at radius 1 is 1.29 bits per heavy atom. The summed E-state index contributed by atoms with van der Waals surface area (Å²) in [4.78, 5) is 2.85. The van der Waals surface area contributed by atoms with Crippen molar-refractivity contribution < 1.29 is 0 Å². The first-order valence-electron chi connectivity index (χ1n) is 7.33. The number of thioether (sulfide) groups is 1. The second-order valence-corrected chi connectivity index (χ2v) is 7.77. The van der Waals surface area contributed by atoms with Crippen LogP contribution in [-0.2, 0) is 0 Å². The molecule has 2 aliphatic heterocycles. The summed E-state index contributed by atoms with van der Waals surface area (Å²) >= 11 is 2.13. The zero-order chi connectivity index (χ0) is 11.9. The van der Waals surface area contributed by atoms with Crippen molar-refractivity contribution in [2.24, 2.45) is 11.7 Å². The minimum atomic E-state index is 0.345. The molecule has 2 heterocycles. The third-order valence-electron chi connectivity index (χ3n) is 5.29. The van der Waals surface area contributed by atoms with Crippen LogP contribution < -0.4 is 5.73 Å². The summed E-state index contributed by atoms with van der Waals surface area (Å²) in [5, 5.41) is 0.806. The average Bonchev–Trinajstić information content (AvgIpc) is 2.95. The van der Waals surface area contributed by atoms with Crippen LogP contribution in [0.4, 0.5) is 0 Å². The predicted molar refractivity (Wildman–Crippen MR) is 75.4 cm³/mol. The number of hydrogen-bond acceptors (Lipinski definition) is 3. The fourth-order valence-electron chi connectivity index (χ4n) is 4.45. The van der Waals surface area contributed by atoms with Crippen LogP contribution in [0.5, 0.6) is 0 Å². The molecule has 4 unspecified atom stereocenters. The lowest BCUT2D eigenvalue weighted by Gasteiger charge is -2.49. The van der Waals surface area contributed by atoms with Gasteiger partial charge in [0.15, 0.2) is 0 Å². The van der Waals surface area contributed by atoms with E-state index in [1.165, 1.54) is 50.8 Å². The Morgan fingerprint density at radius 3 is 2.82 bits per heavy atom. The minimum Gasteiger partial charge on any atom is -0.329 e. The van der Waals surface area contributed by atoms with Crippen LogP contribution in [0.25, 0.3) is 0 Å². The maximum atomic E-state index is 6.19. The third kappa shape index (κ3) is 2.04. The van der Waals surface area contributed by atoms with E-state index in [0.29, 0.717) is 5.54 Å². The molecule has 98 valence electrons. The van der Waals surface area contributed by atoms with E-state index >= 15 is 0 Å². The van der Waals surface area contributed by atoms with Crippen molar-refractivity contribution in [2.45, 2.75) is 62.3 Å². The van der Waals surface area contributed by atoms with Gasteiger partial charge in [-0.05, 0) is 44.6 Å². The van der Waals surface area contributed by atoms with Gasteiger partial charge in [0.25, 0.3) is 0 Å². The number of rotatable bonds is 2. The standard InChI is InChI=1S/C14H26N2S/c1-11-8-14(9-15,10-17-11)16-7-3-5-12-4-2-6-13(12)16/h11-13H,2-10,15H2,1H3. The highest BCUT2D eigenvalue weighted by Gasteiger charge is 2.48. The SMILES string of the molecule is CC1CC(CN)(N2CCCC3CCCC32)CS1. The van der Waals surface area contributed by atoms with Gasteiger partial charge in [-0.15, -0.1) is 0 Å². The first kappa shape index (κ1) is 12.3. The highest BCUT2D eigenvalue weighted by atomic mass is 32.2. The van der Waals surface area contributed by atoms with Crippen molar-refractivity contribution >= 4 is 11.8 Å². The van der Waals surface area contributed by atoms with Gasteiger partial charge in [-0.25, -0.2) is 0 Å². The molecule has 17 heavy (non-hydrogen) atoms. The van der Waals surface area contributed by atoms with E-state index in [0.717, 1.165) is 23.8 Å². The topological polar surface area (TPSA) is 29.3 Å². The van der Waals surface area contributed by atoms with Crippen LogP contribution in [0.1, 0.15) is 45.4 Å². The van der Waals surface area contributed by atoms with Gasteiger partial charge in [0.05, 0.1) is 0 Å². The summed E-state index contributed by atoms with van der Waals surface area (Å²) in [6.45, 7) is 4.55. The highest BCUT2D eigenvalue weighted by Crippen LogP contribution is 2.45. The molecule has 0 aromatic rings. The molecule has 4 atom stereocenters. The van der Waals surface area contributed by atoms with Crippen LogP contribution in [0, 0.1) is 5.92 Å². The predicted octanol–water partition coefficient (Wildman–Crippen LogP) is 2.47. The van der Waals surface area contributed by atoms with Crippen LogP contribution in [0.3, 0.4) is 0 Å². The molecular formula is C14H26N2S. The molecule has 1 aliphatic carbocycles. The molecule has 0 radical (unpaired) electrons. The summed E-state index contributed by atoms with van der Waals surface area (Å²) in [5.74, 6) is 2.27.